The predicted molar refractivity (Wildman–Crippen MR) is 74.8 cm³/mol. The first-order chi connectivity index (χ1) is 9.08. The van der Waals surface area contributed by atoms with Gasteiger partial charge in [-0.15, -0.1) is 0 Å². The first-order valence-corrected chi connectivity index (χ1v) is 6.58. The number of hydrogen-bond acceptors (Lipinski definition) is 6. The number of anilines is 1. The number of methoxy groups -OCH3 is 1. The Balaban J connectivity index is 2.09. The van der Waals surface area contributed by atoms with Gasteiger partial charge in [0.1, 0.15) is 11.6 Å². The van der Waals surface area contributed by atoms with Gasteiger partial charge in [0.25, 0.3) is 0 Å². The van der Waals surface area contributed by atoms with Crippen LogP contribution in [0.15, 0.2) is 6.07 Å². The van der Waals surface area contributed by atoms with E-state index >= 15 is 0 Å². The number of nitrogens with two attached hydrogens (primary N) is 1. The highest BCUT2D eigenvalue weighted by Crippen LogP contribution is 2.12. The molecule has 0 saturated carbocycles. The maximum atomic E-state index is 5.83. The lowest BCUT2D eigenvalue weighted by molar-refractivity contribution is 0.113. The second-order valence-corrected chi connectivity index (χ2v) is 5.23. The normalized spacial score (nSPS) is 21.7. The van der Waals surface area contributed by atoms with E-state index in [0.29, 0.717) is 18.5 Å². The van der Waals surface area contributed by atoms with Gasteiger partial charge in [-0.05, 0) is 14.1 Å². The number of nitrogens with zero attached hydrogens (tertiary/aromatic N) is 4. The molecule has 1 unspecified atom stereocenters. The molecule has 0 aromatic carbocycles. The third-order valence-electron chi connectivity index (χ3n) is 3.54. The van der Waals surface area contributed by atoms with Crippen LogP contribution in [0, 0.1) is 0 Å². The summed E-state index contributed by atoms with van der Waals surface area (Å²) >= 11 is 0. The molecule has 6 heteroatoms. The summed E-state index contributed by atoms with van der Waals surface area (Å²) in [5.74, 6) is 1.32. The van der Waals surface area contributed by atoms with E-state index in [1.54, 1.807) is 13.2 Å². The number of rotatable bonds is 4. The van der Waals surface area contributed by atoms with E-state index in [9.17, 15) is 0 Å². The second kappa shape index (κ2) is 6.27. The van der Waals surface area contributed by atoms with E-state index < -0.39 is 0 Å². The van der Waals surface area contributed by atoms with Crippen molar-refractivity contribution in [2.24, 2.45) is 0 Å². The van der Waals surface area contributed by atoms with Crippen molar-refractivity contribution in [2.75, 3.05) is 46.6 Å². The average Bonchev–Trinajstić information content (AvgIpc) is 2.33. The zero-order valence-electron chi connectivity index (χ0n) is 12.0. The lowest BCUT2D eigenvalue weighted by Crippen LogP contribution is -2.51. The Morgan fingerprint density at radius 1 is 1.37 bits per heavy atom. The maximum Gasteiger partial charge on any atom is 0.132 e. The molecule has 1 fully saturated rings. The van der Waals surface area contributed by atoms with Crippen molar-refractivity contribution >= 4 is 5.82 Å². The zero-order chi connectivity index (χ0) is 13.8. The molecule has 106 valence electrons. The van der Waals surface area contributed by atoms with Crippen molar-refractivity contribution in [3.05, 3.63) is 17.6 Å². The van der Waals surface area contributed by atoms with Gasteiger partial charge in [-0.2, -0.15) is 0 Å². The fraction of sp³-hybridized carbons (Fsp3) is 0.692. The maximum absolute atomic E-state index is 5.83. The first-order valence-electron chi connectivity index (χ1n) is 6.58. The first kappa shape index (κ1) is 14.2. The van der Waals surface area contributed by atoms with Crippen LogP contribution in [0.25, 0.3) is 0 Å². The summed E-state index contributed by atoms with van der Waals surface area (Å²) in [5, 5.41) is 0. The second-order valence-electron chi connectivity index (χ2n) is 5.23. The molecule has 6 nitrogen and oxygen atoms in total. The summed E-state index contributed by atoms with van der Waals surface area (Å²) in [6.07, 6.45) is 0.822. The summed E-state index contributed by atoms with van der Waals surface area (Å²) in [5.41, 5.74) is 6.67. The zero-order valence-corrected chi connectivity index (χ0v) is 12.0. The quantitative estimate of drug-likeness (QED) is 0.826. The summed E-state index contributed by atoms with van der Waals surface area (Å²) in [6, 6.07) is 2.21. The summed E-state index contributed by atoms with van der Waals surface area (Å²) < 4.78 is 5.10. The minimum absolute atomic E-state index is 0.441. The third kappa shape index (κ3) is 3.86. The number of aromatic nitrogens is 2. The van der Waals surface area contributed by atoms with Crippen molar-refractivity contribution in [1.82, 2.24) is 19.8 Å². The van der Waals surface area contributed by atoms with E-state index in [-0.39, 0.29) is 0 Å². The minimum Gasteiger partial charge on any atom is -0.384 e. The third-order valence-corrected chi connectivity index (χ3v) is 3.54. The van der Waals surface area contributed by atoms with E-state index in [4.69, 9.17) is 10.5 Å². The molecule has 2 rings (SSSR count). The minimum atomic E-state index is 0.441. The van der Waals surface area contributed by atoms with Crippen LogP contribution in [0.2, 0.25) is 0 Å². The van der Waals surface area contributed by atoms with Crippen LogP contribution in [-0.2, 0) is 17.8 Å². The Labute approximate surface area is 114 Å². The molecule has 1 aromatic rings. The molecule has 1 aliphatic heterocycles. The molecule has 0 amide bonds. The Bertz CT molecular complexity index is 425. The van der Waals surface area contributed by atoms with Crippen LogP contribution >= 0.6 is 0 Å². The average molecular weight is 265 g/mol. The standard InChI is InChI=1S/C13H23N5O/c1-17-4-5-18(2)11(8-17)7-13-15-10(9-19-3)6-12(14)16-13/h6,11H,4-5,7-9H2,1-3H3,(H2,14,15,16). The van der Waals surface area contributed by atoms with E-state index in [1.165, 1.54) is 0 Å². The highest BCUT2D eigenvalue weighted by Gasteiger charge is 2.23. The van der Waals surface area contributed by atoms with Crippen molar-refractivity contribution in [2.45, 2.75) is 19.1 Å². The summed E-state index contributed by atoms with van der Waals surface area (Å²) in [4.78, 5) is 13.6. The smallest absolute Gasteiger partial charge is 0.132 e. The van der Waals surface area contributed by atoms with Gasteiger partial charge in [-0.25, -0.2) is 9.97 Å². The van der Waals surface area contributed by atoms with Gasteiger partial charge in [0.15, 0.2) is 0 Å². The van der Waals surface area contributed by atoms with Crippen LogP contribution in [0.1, 0.15) is 11.5 Å². The van der Waals surface area contributed by atoms with Gasteiger partial charge < -0.3 is 20.3 Å². The molecule has 19 heavy (non-hydrogen) atoms. The largest absolute Gasteiger partial charge is 0.384 e. The predicted octanol–water partition coefficient (Wildman–Crippen LogP) is -0.00650. The van der Waals surface area contributed by atoms with Crippen LogP contribution in [0.3, 0.4) is 0 Å². The van der Waals surface area contributed by atoms with E-state index in [2.05, 4.69) is 33.9 Å². The van der Waals surface area contributed by atoms with Gasteiger partial charge in [-0.1, -0.05) is 0 Å². The molecular weight excluding hydrogens is 242 g/mol. The molecule has 0 bridgehead atoms. The molecule has 2 heterocycles. The molecule has 1 atom stereocenters. The topological polar surface area (TPSA) is 67.5 Å². The molecule has 2 N–H and O–H groups in total. The Kier molecular flexibility index (Phi) is 4.68. The molecule has 1 saturated heterocycles. The molecule has 1 aromatic heterocycles. The van der Waals surface area contributed by atoms with Gasteiger partial charge in [-0.3, -0.25) is 0 Å². The summed E-state index contributed by atoms with van der Waals surface area (Å²) in [7, 11) is 5.96. The summed E-state index contributed by atoms with van der Waals surface area (Å²) in [6.45, 7) is 3.70. The Morgan fingerprint density at radius 3 is 2.89 bits per heavy atom. The fourth-order valence-electron chi connectivity index (χ4n) is 2.42. The SMILES string of the molecule is COCc1cc(N)nc(CC2CN(C)CCN2C)n1. The highest BCUT2D eigenvalue weighted by atomic mass is 16.5. The van der Waals surface area contributed by atoms with Gasteiger partial charge in [0.05, 0.1) is 12.3 Å². The van der Waals surface area contributed by atoms with E-state index in [0.717, 1.165) is 37.6 Å². The van der Waals surface area contributed by atoms with Crippen molar-refractivity contribution < 1.29 is 4.74 Å². The molecule has 0 radical (unpaired) electrons. The molecule has 1 aliphatic rings. The van der Waals surface area contributed by atoms with Crippen LogP contribution in [0.5, 0.6) is 0 Å². The van der Waals surface area contributed by atoms with Gasteiger partial charge in [0.2, 0.25) is 0 Å². The van der Waals surface area contributed by atoms with Gasteiger partial charge >= 0.3 is 0 Å². The number of likely N-dealkylation sites (N-methyl/N-ethyl adjacent to an activating group) is 2. The molecule has 0 spiro atoms. The lowest BCUT2D eigenvalue weighted by Gasteiger charge is -2.37. The van der Waals surface area contributed by atoms with E-state index in [1.807, 2.05) is 0 Å². The molecule has 0 aliphatic carbocycles. The lowest BCUT2D eigenvalue weighted by atomic mass is 10.1. The number of piperazine rings is 1. The van der Waals surface area contributed by atoms with Crippen LogP contribution in [0.4, 0.5) is 5.82 Å². The Hall–Kier alpha value is -1.24. The Morgan fingerprint density at radius 2 is 2.16 bits per heavy atom. The van der Waals surface area contributed by atoms with Crippen molar-refractivity contribution in [1.29, 1.82) is 0 Å². The van der Waals surface area contributed by atoms with Crippen LogP contribution in [-0.4, -0.2) is 66.6 Å². The number of nitrogen functional groups attached to an aromatic ring is 1. The van der Waals surface area contributed by atoms with Gasteiger partial charge in [0, 0.05) is 45.3 Å². The monoisotopic (exact) mass is 265 g/mol. The fourth-order valence-corrected chi connectivity index (χ4v) is 2.42. The number of hydrogen-bond donors (Lipinski definition) is 1. The van der Waals surface area contributed by atoms with Crippen LogP contribution < -0.4 is 5.73 Å². The van der Waals surface area contributed by atoms with Crippen molar-refractivity contribution in [3.63, 3.8) is 0 Å². The number of ether oxygens (including phenoxy) is 1. The molecular formula is C13H23N5O. The highest BCUT2D eigenvalue weighted by molar-refractivity contribution is 5.29. The van der Waals surface area contributed by atoms with Crippen molar-refractivity contribution in [3.8, 4) is 0 Å².